The van der Waals surface area contributed by atoms with Crippen molar-refractivity contribution in [3.05, 3.63) is 59.0 Å². The number of carbonyl (C=O) groups is 1. The van der Waals surface area contributed by atoms with Crippen LogP contribution in [0, 0.1) is 6.92 Å². The molecule has 1 atom stereocenters. The average Bonchev–Trinajstić information content (AvgIpc) is 3.23. The Morgan fingerprint density at radius 2 is 2.15 bits per heavy atom. The normalized spacial score (nSPS) is 19.7. The predicted molar refractivity (Wildman–Crippen MR) is 98.6 cm³/mol. The molecule has 0 spiro atoms. The van der Waals surface area contributed by atoms with Crippen molar-refractivity contribution in [3.63, 3.8) is 0 Å². The van der Waals surface area contributed by atoms with Crippen LogP contribution in [-0.4, -0.2) is 25.9 Å². The third kappa shape index (κ3) is 2.36. The molecule has 3 heterocycles. The zero-order valence-electron chi connectivity index (χ0n) is 14.7. The first-order chi connectivity index (χ1) is 12.7. The van der Waals surface area contributed by atoms with Crippen molar-refractivity contribution in [2.24, 2.45) is 0 Å². The van der Waals surface area contributed by atoms with Gasteiger partial charge in [-0.3, -0.25) is 9.89 Å². The standard InChI is InChI=1S/C20H21N5O/c1-12-10-14(25-9-3-8-21-25)6-7-15(12)16-11-17(26)22-20-18(16)19(23-24-20)13-4-2-5-13/h3,6-10,13,16H,2,4-5,11H2,1H3,(H2,22,23,24,26)/t16-/m0/s1. The maximum Gasteiger partial charge on any atom is 0.226 e. The van der Waals surface area contributed by atoms with E-state index in [1.54, 1.807) is 6.20 Å². The first-order valence-corrected chi connectivity index (χ1v) is 9.19. The smallest absolute Gasteiger partial charge is 0.226 e. The van der Waals surface area contributed by atoms with Gasteiger partial charge in [0.2, 0.25) is 5.91 Å². The summed E-state index contributed by atoms with van der Waals surface area (Å²) >= 11 is 0. The number of hydrogen-bond donors (Lipinski definition) is 2. The zero-order chi connectivity index (χ0) is 17.7. The maximum atomic E-state index is 12.3. The molecule has 0 bridgehead atoms. The number of amides is 1. The molecule has 132 valence electrons. The van der Waals surface area contributed by atoms with Gasteiger partial charge in [0.1, 0.15) is 0 Å². The van der Waals surface area contributed by atoms with Gasteiger partial charge in [-0.2, -0.15) is 10.2 Å². The third-order valence-electron chi connectivity index (χ3n) is 5.74. The molecule has 0 saturated heterocycles. The zero-order valence-corrected chi connectivity index (χ0v) is 14.7. The number of aromatic nitrogens is 4. The molecule has 1 fully saturated rings. The summed E-state index contributed by atoms with van der Waals surface area (Å²) in [4.78, 5) is 12.3. The van der Waals surface area contributed by atoms with Gasteiger partial charge in [0.25, 0.3) is 0 Å². The summed E-state index contributed by atoms with van der Waals surface area (Å²) in [6.45, 7) is 2.11. The van der Waals surface area contributed by atoms with Crippen LogP contribution in [0.25, 0.3) is 5.69 Å². The molecule has 6 nitrogen and oxygen atoms in total. The van der Waals surface area contributed by atoms with Crippen molar-refractivity contribution >= 4 is 11.7 Å². The SMILES string of the molecule is Cc1cc(-n2cccn2)ccc1[C@@H]1CC(=O)Nc2n[nH]c(C3CCC3)c21. The van der Waals surface area contributed by atoms with Crippen molar-refractivity contribution in [1.29, 1.82) is 0 Å². The molecule has 2 aromatic heterocycles. The summed E-state index contributed by atoms with van der Waals surface area (Å²) in [5.74, 6) is 1.35. The highest BCUT2D eigenvalue weighted by atomic mass is 16.1. The van der Waals surface area contributed by atoms with Crippen LogP contribution in [0.3, 0.4) is 0 Å². The number of fused-ring (bicyclic) bond motifs is 1. The van der Waals surface area contributed by atoms with E-state index in [1.807, 2.05) is 16.9 Å². The lowest BCUT2D eigenvalue weighted by molar-refractivity contribution is -0.116. The molecule has 1 aliphatic carbocycles. The van der Waals surface area contributed by atoms with Crippen LogP contribution < -0.4 is 5.32 Å². The summed E-state index contributed by atoms with van der Waals surface area (Å²) < 4.78 is 1.85. The number of hydrogen-bond acceptors (Lipinski definition) is 3. The van der Waals surface area contributed by atoms with Crippen LogP contribution in [0.15, 0.2) is 36.7 Å². The molecular weight excluding hydrogens is 326 g/mol. The van der Waals surface area contributed by atoms with Gasteiger partial charge in [-0.05, 0) is 49.1 Å². The molecule has 1 aliphatic heterocycles. The van der Waals surface area contributed by atoms with E-state index in [-0.39, 0.29) is 11.8 Å². The molecule has 1 saturated carbocycles. The van der Waals surface area contributed by atoms with Crippen LogP contribution in [-0.2, 0) is 4.79 Å². The van der Waals surface area contributed by atoms with Crippen molar-refractivity contribution in [2.75, 3.05) is 5.32 Å². The van der Waals surface area contributed by atoms with Gasteiger partial charge in [-0.15, -0.1) is 0 Å². The van der Waals surface area contributed by atoms with Gasteiger partial charge in [0.05, 0.1) is 5.69 Å². The minimum atomic E-state index is 0.0321. The fourth-order valence-electron chi connectivity index (χ4n) is 4.17. The fourth-order valence-corrected chi connectivity index (χ4v) is 4.17. The van der Waals surface area contributed by atoms with Crippen molar-refractivity contribution in [2.45, 2.75) is 44.4 Å². The van der Waals surface area contributed by atoms with Gasteiger partial charge in [0.15, 0.2) is 5.82 Å². The van der Waals surface area contributed by atoms with Gasteiger partial charge >= 0.3 is 0 Å². The fraction of sp³-hybridized carbons (Fsp3) is 0.350. The van der Waals surface area contributed by atoms with Gasteiger partial charge in [-0.1, -0.05) is 12.5 Å². The van der Waals surface area contributed by atoms with Crippen LogP contribution >= 0.6 is 0 Å². The molecule has 0 radical (unpaired) electrons. The van der Waals surface area contributed by atoms with E-state index in [9.17, 15) is 4.79 Å². The minimum absolute atomic E-state index is 0.0321. The number of benzene rings is 1. The Hall–Kier alpha value is -2.89. The van der Waals surface area contributed by atoms with Gasteiger partial charge < -0.3 is 5.32 Å². The summed E-state index contributed by atoms with van der Waals surface area (Å²) in [5.41, 5.74) is 5.79. The Labute approximate surface area is 151 Å². The molecule has 2 N–H and O–H groups in total. The van der Waals surface area contributed by atoms with Crippen LogP contribution in [0.1, 0.15) is 59.9 Å². The van der Waals surface area contributed by atoms with Crippen LogP contribution in [0.5, 0.6) is 0 Å². The number of nitrogens with one attached hydrogen (secondary N) is 2. The number of aryl methyl sites for hydroxylation is 1. The van der Waals surface area contributed by atoms with Crippen LogP contribution in [0.2, 0.25) is 0 Å². The molecular formula is C20H21N5O. The van der Waals surface area contributed by atoms with Gasteiger partial charge in [-0.25, -0.2) is 4.68 Å². The second kappa shape index (κ2) is 5.83. The first-order valence-electron chi connectivity index (χ1n) is 9.19. The molecule has 6 heteroatoms. The minimum Gasteiger partial charge on any atom is -0.309 e. The molecule has 0 unspecified atom stereocenters. The summed E-state index contributed by atoms with van der Waals surface area (Å²) in [7, 11) is 0. The van der Waals surface area contributed by atoms with Gasteiger partial charge in [0, 0.05) is 41.9 Å². The second-order valence-electron chi connectivity index (χ2n) is 7.32. The highest BCUT2D eigenvalue weighted by Crippen LogP contribution is 2.46. The van der Waals surface area contributed by atoms with Crippen molar-refractivity contribution in [1.82, 2.24) is 20.0 Å². The first kappa shape index (κ1) is 15.4. The lowest BCUT2D eigenvalue weighted by atomic mass is 9.76. The predicted octanol–water partition coefficient (Wildman–Crippen LogP) is 3.65. The number of aromatic amines is 1. The summed E-state index contributed by atoms with van der Waals surface area (Å²) in [5, 5.41) is 14.9. The monoisotopic (exact) mass is 347 g/mol. The Morgan fingerprint density at radius 3 is 2.85 bits per heavy atom. The second-order valence-corrected chi connectivity index (χ2v) is 7.32. The van der Waals surface area contributed by atoms with E-state index < -0.39 is 0 Å². The van der Waals surface area contributed by atoms with E-state index in [0.717, 1.165) is 5.69 Å². The third-order valence-corrected chi connectivity index (χ3v) is 5.74. The maximum absolute atomic E-state index is 12.3. The van der Waals surface area contributed by atoms with E-state index in [0.29, 0.717) is 18.2 Å². The highest BCUT2D eigenvalue weighted by molar-refractivity contribution is 5.94. The van der Waals surface area contributed by atoms with E-state index >= 15 is 0 Å². The number of carbonyl (C=O) groups excluding carboxylic acids is 1. The largest absolute Gasteiger partial charge is 0.309 e. The van der Waals surface area contributed by atoms with E-state index in [2.05, 4.69) is 45.7 Å². The van der Waals surface area contributed by atoms with E-state index in [4.69, 9.17) is 0 Å². The topological polar surface area (TPSA) is 75.6 Å². The van der Waals surface area contributed by atoms with Crippen LogP contribution in [0.4, 0.5) is 5.82 Å². The Balaban J connectivity index is 1.58. The van der Waals surface area contributed by atoms with E-state index in [1.165, 1.54) is 41.6 Å². The lowest BCUT2D eigenvalue weighted by Gasteiger charge is -2.30. The molecule has 2 aliphatic rings. The van der Waals surface area contributed by atoms with Crippen molar-refractivity contribution < 1.29 is 4.79 Å². The molecule has 3 aromatic rings. The number of H-pyrrole nitrogens is 1. The molecule has 5 rings (SSSR count). The number of rotatable bonds is 3. The average molecular weight is 347 g/mol. The Bertz CT molecular complexity index is 968. The molecule has 26 heavy (non-hydrogen) atoms. The van der Waals surface area contributed by atoms with Crippen molar-refractivity contribution in [3.8, 4) is 5.69 Å². The summed E-state index contributed by atoms with van der Waals surface area (Å²) in [6, 6.07) is 8.26. The lowest BCUT2D eigenvalue weighted by Crippen LogP contribution is -2.25. The number of anilines is 1. The Kier molecular flexibility index (Phi) is 3.45. The summed E-state index contributed by atoms with van der Waals surface area (Å²) in [6.07, 6.45) is 7.85. The Morgan fingerprint density at radius 1 is 1.27 bits per heavy atom. The molecule has 1 aromatic carbocycles. The quantitative estimate of drug-likeness (QED) is 0.759. The highest BCUT2D eigenvalue weighted by Gasteiger charge is 2.35. The molecule has 1 amide bonds. The number of nitrogens with zero attached hydrogens (tertiary/aromatic N) is 3.